The van der Waals surface area contributed by atoms with Gasteiger partial charge in [-0.2, -0.15) is 0 Å². The second-order valence-corrected chi connectivity index (χ2v) is 8.09. The lowest BCUT2D eigenvalue weighted by Crippen LogP contribution is -2.43. The minimum atomic E-state index is 0.427. The highest BCUT2D eigenvalue weighted by Gasteiger charge is 2.33. The molecular weight excluding hydrogens is 340 g/mol. The quantitative estimate of drug-likeness (QED) is 0.586. The van der Waals surface area contributed by atoms with Gasteiger partial charge in [0.15, 0.2) is 0 Å². The topological polar surface area (TPSA) is 15.6 Å². The molecule has 1 aliphatic heterocycles. The van der Waals surface area contributed by atoms with Gasteiger partial charge in [-0.05, 0) is 49.4 Å². The van der Waals surface area contributed by atoms with E-state index in [0.717, 1.165) is 44.9 Å². The van der Waals surface area contributed by atoms with Gasteiger partial charge in [0, 0.05) is 22.9 Å². The molecule has 0 aromatic heterocycles. The summed E-state index contributed by atoms with van der Waals surface area (Å²) in [6.45, 7) is 8.87. The molecule has 0 amide bonds. The average molecular weight is 365 g/mol. The van der Waals surface area contributed by atoms with Gasteiger partial charge >= 0.3 is 0 Å². The van der Waals surface area contributed by atoms with Gasteiger partial charge in [0.05, 0.1) is 10.7 Å². The first-order valence-electron chi connectivity index (χ1n) is 9.47. The Morgan fingerprint density at radius 2 is 1.92 bits per heavy atom. The van der Waals surface area contributed by atoms with Crippen molar-refractivity contribution >= 4 is 28.8 Å². The fraction of sp³-hybridized carbons (Fsp3) is 0.348. The number of amidine groups is 1. The number of benzene rings is 2. The van der Waals surface area contributed by atoms with Crippen LogP contribution in [0.3, 0.4) is 0 Å². The third-order valence-corrected chi connectivity index (χ3v) is 5.91. The van der Waals surface area contributed by atoms with E-state index in [1.165, 1.54) is 25.7 Å². The molecule has 2 nitrogen and oxygen atoms in total. The Hall–Kier alpha value is -2.06. The standard InChI is InChI=1S/C23H25ClN2/c1-15-7-6-8-18(13-15)26-17(3)19-9-4-5-10-22(19)25-23(26)20-12-11-16(2)14-21(20)24/h4-5,9-12,14-15,18H,3,6-8,13H2,1-2H3. The van der Waals surface area contributed by atoms with Crippen LogP contribution in [0.1, 0.15) is 49.3 Å². The van der Waals surface area contributed by atoms with Crippen LogP contribution in [0.5, 0.6) is 0 Å². The highest BCUT2D eigenvalue weighted by Crippen LogP contribution is 2.40. The van der Waals surface area contributed by atoms with Crippen molar-refractivity contribution in [2.24, 2.45) is 10.9 Å². The monoisotopic (exact) mass is 364 g/mol. The van der Waals surface area contributed by atoms with Crippen LogP contribution >= 0.6 is 11.6 Å². The molecule has 2 aromatic carbocycles. The van der Waals surface area contributed by atoms with Crippen LogP contribution < -0.4 is 0 Å². The zero-order valence-electron chi connectivity index (χ0n) is 15.5. The van der Waals surface area contributed by atoms with Crippen LogP contribution in [0.25, 0.3) is 5.70 Å². The van der Waals surface area contributed by atoms with Gasteiger partial charge in [-0.3, -0.25) is 0 Å². The molecule has 1 saturated carbocycles. The number of hydrogen-bond donors (Lipinski definition) is 0. The number of hydrogen-bond acceptors (Lipinski definition) is 2. The first-order chi connectivity index (χ1) is 12.5. The predicted octanol–water partition coefficient (Wildman–Crippen LogP) is 6.59. The Labute approximate surface area is 161 Å². The molecule has 0 N–H and O–H groups in total. The molecular formula is C23H25ClN2. The summed E-state index contributed by atoms with van der Waals surface area (Å²) in [7, 11) is 0. The van der Waals surface area contributed by atoms with Crippen molar-refractivity contribution < 1.29 is 0 Å². The van der Waals surface area contributed by atoms with E-state index < -0.39 is 0 Å². The summed E-state index contributed by atoms with van der Waals surface area (Å²) in [6.07, 6.45) is 4.91. The minimum absolute atomic E-state index is 0.427. The number of rotatable bonds is 2. The van der Waals surface area contributed by atoms with E-state index in [1.807, 2.05) is 12.1 Å². The van der Waals surface area contributed by atoms with Crippen molar-refractivity contribution in [3.05, 3.63) is 70.8 Å². The van der Waals surface area contributed by atoms with Crippen LogP contribution in [0.4, 0.5) is 5.69 Å². The SMILES string of the molecule is C=C1c2ccccc2N=C(c2ccc(C)cc2Cl)N1C1CCCC(C)C1. The highest BCUT2D eigenvalue weighted by molar-refractivity contribution is 6.34. The maximum absolute atomic E-state index is 6.63. The highest BCUT2D eigenvalue weighted by atomic mass is 35.5. The molecule has 0 saturated heterocycles. The smallest absolute Gasteiger partial charge is 0.142 e. The van der Waals surface area contributed by atoms with E-state index in [-0.39, 0.29) is 0 Å². The second kappa shape index (κ2) is 6.92. The fourth-order valence-electron chi connectivity index (χ4n) is 4.26. The van der Waals surface area contributed by atoms with Crippen LogP contribution in [-0.4, -0.2) is 16.8 Å². The predicted molar refractivity (Wildman–Crippen MR) is 111 cm³/mol. The maximum Gasteiger partial charge on any atom is 0.142 e. The third-order valence-electron chi connectivity index (χ3n) is 5.60. The Bertz CT molecular complexity index is 884. The first-order valence-corrected chi connectivity index (χ1v) is 9.85. The Kier molecular flexibility index (Phi) is 4.62. The molecule has 4 rings (SSSR count). The summed E-state index contributed by atoms with van der Waals surface area (Å²) in [5.41, 5.74) is 5.29. The minimum Gasteiger partial charge on any atom is -0.323 e. The van der Waals surface area contributed by atoms with Gasteiger partial charge in [0.2, 0.25) is 0 Å². The number of para-hydroxylation sites is 1. The van der Waals surface area contributed by atoms with E-state index in [2.05, 4.69) is 55.7 Å². The summed E-state index contributed by atoms with van der Waals surface area (Å²) < 4.78 is 0. The lowest BCUT2D eigenvalue weighted by molar-refractivity contribution is 0.255. The van der Waals surface area contributed by atoms with Gasteiger partial charge in [0.25, 0.3) is 0 Å². The molecule has 0 bridgehead atoms. The lowest BCUT2D eigenvalue weighted by atomic mass is 9.85. The molecule has 2 aromatic rings. The fourth-order valence-corrected chi connectivity index (χ4v) is 4.58. The molecule has 0 spiro atoms. The van der Waals surface area contributed by atoms with E-state index in [0.29, 0.717) is 6.04 Å². The van der Waals surface area contributed by atoms with Crippen molar-refractivity contribution in [1.82, 2.24) is 4.90 Å². The Morgan fingerprint density at radius 1 is 1.12 bits per heavy atom. The van der Waals surface area contributed by atoms with E-state index in [1.54, 1.807) is 0 Å². The van der Waals surface area contributed by atoms with Gasteiger partial charge in [-0.25, -0.2) is 4.99 Å². The van der Waals surface area contributed by atoms with Crippen molar-refractivity contribution in [2.45, 2.75) is 45.6 Å². The van der Waals surface area contributed by atoms with Crippen LogP contribution in [-0.2, 0) is 0 Å². The Morgan fingerprint density at radius 3 is 2.69 bits per heavy atom. The Balaban J connectivity index is 1.85. The molecule has 2 unspecified atom stereocenters. The van der Waals surface area contributed by atoms with Crippen molar-refractivity contribution in [3.63, 3.8) is 0 Å². The lowest BCUT2D eigenvalue weighted by Gasteiger charge is -2.42. The molecule has 1 fully saturated rings. The van der Waals surface area contributed by atoms with E-state index in [4.69, 9.17) is 16.6 Å². The van der Waals surface area contributed by atoms with E-state index in [9.17, 15) is 0 Å². The third kappa shape index (κ3) is 3.07. The first kappa shape index (κ1) is 17.4. The summed E-state index contributed by atoms with van der Waals surface area (Å²) in [4.78, 5) is 7.39. The van der Waals surface area contributed by atoms with Crippen LogP contribution in [0.2, 0.25) is 5.02 Å². The molecule has 3 heteroatoms. The second-order valence-electron chi connectivity index (χ2n) is 7.68. The molecule has 2 atom stereocenters. The van der Waals surface area contributed by atoms with Crippen molar-refractivity contribution in [2.75, 3.05) is 0 Å². The molecule has 2 aliphatic rings. The average Bonchev–Trinajstić information content (AvgIpc) is 2.62. The van der Waals surface area contributed by atoms with Gasteiger partial charge < -0.3 is 4.90 Å². The molecule has 1 heterocycles. The van der Waals surface area contributed by atoms with Crippen LogP contribution in [0.15, 0.2) is 54.0 Å². The summed E-state index contributed by atoms with van der Waals surface area (Å²) in [5, 5.41) is 0.754. The normalized spacial score (nSPS) is 22.8. The molecule has 0 radical (unpaired) electrons. The molecule has 134 valence electrons. The molecule has 26 heavy (non-hydrogen) atoms. The number of aryl methyl sites for hydroxylation is 1. The maximum atomic E-state index is 6.63. The van der Waals surface area contributed by atoms with Crippen molar-refractivity contribution in [1.29, 1.82) is 0 Å². The largest absolute Gasteiger partial charge is 0.323 e. The number of nitrogens with zero attached hydrogens (tertiary/aromatic N) is 2. The zero-order chi connectivity index (χ0) is 18.3. The summed E-state index contributed by atoms with van der Waals surface area (Å²) >= 11 is 6.63. The van der Waals surface area contributed by atoms with Gasteiger partial charge in [-0.1, -0.05) is 62.2 Å². The number of fused-ring (bicyclic) bond motifs is 1. The van der Waals surface area contributed by atoms with E-state index >= 15 is 0 Å². The zero-order valence-corrected chi connectivity index (χ0v) is 16.3. The van der Waals surface area contributed by atoms with Gasteiger partial charge in [-0.15, -0.1) is 0 Å². The molecule has 1 aliphatic carbocycles. The van der Waals surface area contributed by atoms with Gasteiger partial charge in [0.1, 0.15) is 5.84 Å². The summed E-state index contributed by atoms with van der Waals surface area (Å²) in [6, 6.07) is 14.9. The summed E-state index contributed by atoms with van der Waals surface area (Å²) in [5.74, 6) is 1.67. The number of halogens is 1. The van der Waals surface area contributed by atoms with Crippen LogP contribution in [0, 0.1) is 12.8 Å². The van der Waals surface area contributed by atoms with Crippen molar-refractivity contribution in [3.8, 4) is 0 Å². The number of aliphatic imine (C=N–C) groups is 1.